The van der Waals surface area contributed by atoms with Crippen molar-refractivity contribution in [3.63, 3.8) is 0 Å². The number of ketones is 1. The van der Waals surface area contributed by atoms with Crippen LogP contribution in [0, 0.1) is 12.8 Å². The zero-order valence-electron chi connectivity index (χ0n) is 8.80. The number of hydrogen-bond acceptors (Lipinski definition) is 1. The Balaban J connectivity index is 3.07. The maximum atomic E-state index is 11.9. The van der Waals surface area contributed by atoms with E-state index in [1.165, 1.54) is 0 Å². The van der Waals surface area contributed by atoms with E-state index in [4.69, 9.17) is 11.6 Å². The highest BCUT2D eigenvalue weighted by Crippen LogP contribution is 2.22. The molecule has 1 nitrogen and oxygen atoms in total. The van der Waals surface area contributed by atoms with Crippen molar-refractivity contribution < 1.29 is 4.79 Å². The maximum Gasteiger partial charge on any atom is 0.165 e. The molecule has 0 aliphatic rings. The van der Waals surface area contributed by atoms with Crippen LogP contribution in [-0.4, -0.2) is 5.78 Å². The first kappa shape index (κ1) is 11.3. The van der Waals surface area contributed by atoms with E-state index in [1.54, 1.807) is 0 Å². The molecule has 0 aliphatic heterocycles. The topological polar surface area (TPSA) is 17.1 Å². The lowest BCUT2D eigenvalue weighted by Gasteiger charge is -2.10. The largest absolute Gasteiger partial charge is 0.294 e. The fourth-order valence-electron chi connectivity index (χ4n) is 1.33. The summed E-state index contributed by atoms with van der Waals surface area (Å²) in [6, 6.07) is 5.48. The third-order valence-electron chi connectivity index (χ3n) is 2.59. The van der Waals surface area contributed by atoms with Crippen LogP contribution in [-0.2, 0) is 0 Å². The summed E-state index contributed by atoms with van der Waals surface area (Å²) in [6.45, 7) is 5.85. The standard InChI is InChI=1S/C12H15ClO/c1-4-8(2)12(14)10-6-5-7-11(13)9(10)3/h5-8H,4H2,1-3H3. The molecule has 0 aromatic heterocycles. The monoisotopic (exact) mass is 210 g/mol. The van der Waals surface area contributed by atoms with E-state index in [9.17, 15) is 4.79 Å². The number of halogens is 1. The SMILES string of the molecule is CCC(C)C(=O)c1cccc(Cl)c1C. The van der Waals surface area contributed by atoms with Gasteiger partial charge in [0.15, 0.2) is 5.78 Å². The number of Topliss-reactive ketones (excluding diaryl/α,β-unsaturated/α-hetero) is 1. The lowest BCUT2D eigenvalue weighted by Crippen LogP contribution is -2.11. The maximum absolute atomic E-state index is 11.9. The summed E-state index contributed by atoms with van der Waals surface area (Å²) in [7, 11) is 0. The van der Waals surface area contributed by atoms with Gasteiger partial charge in [0.2, 0.25) is 0 Å². The highest BCUT2D eigenvalue weighted by molar-refractivity contribution is 6.31. The molecular formula is C12H15ClO. The highest BCUT2D eigenvalue weighted by Gasteiger charge is 2.15. The molecule has 0 N–H and O–H groups in total. The number of carbonyl (C=O) groups excluding carboxylic acids is 1. The van der Waals surface area contributed by atoms with Crippen LogP contribution in [0.2, 0.25) is 5.02 Å². The lowest BCUT2D eigenvalue weighted by atomic mass is 9.94. The molecule has 0 heterocycles. The van der Waals surface area contributed by atoms with E-state index in [0.717, 1.165) is 17.5 Å². The Morgan fingerprint density at radius 2 is 2.14 bits per heavy atom. The van der Waals surface area contributed by atoms with Gasteiger partial charge in [-0.05, 0) is 25.0 Å². The molecule has 0 saturated carbocycles. The molecule has 0 aliphatic carbocycles. The summed E-state index contributed by atoms with van der Waals surface area (Å²) in [5.41, 5.74) is 1.64. The van der Waals surface area contributed by atoms with E-state index in [2.05, 4.69) is 0 Å². The van der Waals surface area contributed by atoms with Crippen LogP contribution < -0.4 is 0 Å². The van der Waals surface area contributed by atoms with Gasteiger partial charge in [0, 0.05) is 16.5 Å². The van der Waals surface area contributed by atoms with Crippen LogP contribution in [0.25, 0.3) is 0 Å². The zero-order valence-corrected chi connectivity index (χ0v) is 9.56. The second-order valence-corrected chi connectivity index (χ2v) is 3.99. The Morgan fingerprint density at radius 3 is 2.71 bits per heavy atom. The van der Waals surface area contributed by atoms with Gasteiger partial charge < -0.3 is 0 Å². The van der Waals surface area contributed by atoms with Crippen molar-refractivity contribution in [1.82, 2.24) is 0 Å². The molecule has 0 saturated heterocycles. The summed E-state index contributed by atoms with van der Waals surface area (Å²) in [6.07, 6.45) is 0.866. The summed E-state index contributed by atoms with van der Waals surface area (Å²) in [5.74, 6) is 0.264. The van der Waals surface area contributed by atoms with Crippen LogP contribution in [0.15, 0.2) is 18.2 Å². The third-order valence-corrected chi connectivity index (χ3v) is 3.00. The van der Waals surface area contributed by atoms with Gasteiger partial charge in [-0.15, -0.1) is 0 Å². The van der Waals surface area contributed by atoms with Gasteiger partial charge >= 0.3 is 0 Å². The molecule has 0 bridgehead atoms. The molecule has 1 aromatic carbocycles. The van der Waals surface area contributed by atoms with Crippen molar-refractivity contribution in [2.75, 3.05) is 0 Å². The van der Waals surface area contributed by atoms with Crippen molar-refractivity contribution >= 4 is 17.4 Å². The molecule has 76 valence electrons. The minimum atomic E-state index is 0.0761. The molecule has 1 unspecified atom stereocenters. The van der Waals surface area contributed by atoms with Crippen molar-refractivity contribution in [2.45, 2.75) is 27.2 Å². The minimum Gasteiger partial charge on any atom is -0.294 e. The third kappa shape index (κ3) is 2.16. The average Bonchev–Trinajstić information content (AvgIpc) is 2.20. The number of benzene rings is 1. The second-order valence-electron chi connectivity index (χ2n) is 3.59. The Morgan fingerprint density at radius 1 is 1.50 bits per heavy atom. The molecular weight excluding hydrogens is 196 g/mol. The van der Waals surface area contributed by atoms with E-state index in [1.807, 2.05) is 39.0 Å². The summed E-state index contributed by atoms with van der Waals surface area (Å²) in [4.78, 5) is 11.9. The fraction of sp³-hybridized carbons (Fsp3) is 0.417. The van der Waals surface area contributed by atoms with Crippen LogP contribution in [0.1, 0.15) is 36.2 Å². The Kier molecular flexibility index (Phi) is 3.70. The van der Waals surface area contributed by atoms with Gasteiger partial charge in [-0.1, -0.05) is 37.6 Å². The summed E-state index contributed by atoms with van der Waals surface area (Å²) >= 11 is 5.95. The van der Waals surface area contributed by atoms with E-state index < -0.39 is 0 Å². The number of rotatable bonds is 3. The predicted octanol–water partition coefficient (Wildman–Crippen LogP) is 3.88. The minimum absolute atomic E-state index is 0.0761. The van der Waals surface area contributed by atoms with Crippen molar-refractivity contribution in [3.05, 3.63) is 34.3 Å². The molecule has 1 aromatic rings. The normalized spacial score (nSPS) is 12.6. The van der Waals surface area contributed by atoms with Crippen molar-refractivity contribution in [3.8, 4) is 0 Å². The summed E-state index contributed by atoms with van der Waals surface area (Å²) in [5, 5.41) is 0.666. The molecule has 0 radical (unpaired) electrons. The van der Waals surface area contributed by atoms with Gasteiger partial charge in [-0.2, -0.15) is 0 Å². The number of hydrogen-bond donors (Lipinski definition) is 0. The molecule has 0 amide bonds. The Hall–Kier alpha value is -0.820. The molecule has 0 fully saturated rings. The predicted molar refractivity (Wildman–Crippen MR) is 60.0 cm³/mol. The molecule has 1 atom stereocenters. The first-order valence-electron chi connectivity index (χ1n) is 4.87. The van der Waals surface area contributed by atoms with Gasteiger partial charge in [0.1, 0.15) is 0 Å². The van der Waals surface area contributed by atoms with Gasteiger partial charge in [0.05, 0.1) is 0 Å². The Bertz CT molecular complexity index is 344. The second kappa shape index (κ2) is 4.61. The van der Waals surface area contributed by atoms with E-state index in [-0.39, 0.29) is 11.7 Å². The lowest BCUT2D eigenvalue weighted by molar-refractivity contribution is 0.0926. The van der Waals surface area contributed by atoms with Gasteiger partial charge in [-0.25, -0.2) is 0 Å². The van der Waals surface area contributed by atoms with Gasteiger partial charge in [0.25, 0.3) is 0 Å². The summed E-state index contributed by atoms with van der Waals surface area (Å²) < 4.78 is 0. The molecule has 0 spiro atoms. The smallest absolute Gasteiger partial charge is 0.165 e. The van der Waals surface area contributed by atoms with Crippen LogP contribution >= 0.6 is 11.6 Å². The quantitative estimate of drug-likeness (QED) is 0.692. The van der Waals surface area contributed by atoms with E-state index >= 15 is 0 Å². The molecule has 1 rings (SSSR count). The van der Waals surface area contributed by atoms with E-state index in [0.29, 0.717) is 5.02 Å². The highest BCUT2D eigenvalue weighted by atomic mass is 35.5. The van der Waals surface area contributed by atoms with Crippen LogP contribution in [0.5, 0.6) is 0 Å². The molecule has 2 heteroatoms. The first-order chi connectivity index (χ1) is 6.57. The Labute approximate surface area is 90.1 Å². The van der Waals surface area contributed by atoms with Crippen LogP contribution in [0.4, 0.5) is 0 Å². The molecule has 14 heavy (non-hydrogen) atoms. The van der Waals surface area contributed by atoms with Crippen LogP contribution in [0.3, 0.4) is 0 Å². The number of carbonyl (C=O) groups is 1. The zero-order chi connectivity index (χ0) is 10.7. The van der Waals surface area contributed by atoms with Gasteiger partial charge in [-0.3, -0.25) is 4.79 Å². The van der Waals surface area contributed by atoms with Crippen molar-refractivity contribution in [1.29, 1.82) is 0 Å². The fourth-order valence-corrected chi connectivity index (χ4v) is 1.50. The van der Waals surface area contributed by atoms with Crippen molar-refractivity contribution in [2.24, 2.45) is 5.92 Å². The average molecular weight is 211 g/mol. The first-order valence-corrected chi connectivity index (χ1v) is 5.25.